The van der Waals surface area contributed by atoms with Crippen LogP contribution in [0.25, 0.3) is 0 Å². The van der Waals surface area contributed by atoms with Gasteiger partial charge in [0.25, 0.3) is 0 Å². The summed E-state index contributed by atoms with van der Waals surface area (Å²) < 4.78 is 1.91. The van der Waals surface area contributed by atoms with Crippen molar-refractivity contribution in [2.45, 2.75) is 40.3 Å². The SMILES string of the molecule is CCN(Cc1ncnn1C(C)C)CC(C)C(N)=NO. The van der Waals surface area contributed by atoms with E-state index in [2.05, 4.69) is 40.9 Å². The predicted octanol–water partition coefficient (Wildman–Crippen LogP) is 1.06. The number of nitrogens with zero attached hydrogens (tertiary/aromatic N) is 5. The average molecular weight is 268 g/mol. The van der Waals surface area contributed by atoms with E-state index in [1.165, 1.54) is 0 Å². The Morgan fingerprint density at radius 1 is 1.53 bits per heavy atom. The van der Waals surface area contributed by atoms with Crippen molar-refractivity contribution in [3.63, 3.8) is 0 Å². The molecule has 1 aromatic rings. The number of nitrogens with two attached hydrogens (primary N) is 1. The number of rotatable bonds is 7. The summed E-state index contributed by atoms with van der Waals surface area (Å²) in [7, 11) is 0. The molecule has 1 rings (SSSR count). The van der Waals surface area contributed by atoms with Gasteiger partial charge in [-0.25, -0.2) is 9.67 Å². The number of oxime groups is 1. The zero-order chi connectivity index (χ0) is 14.4. The van der Waals surface area contributed by atoms with Crippen LogP contribution < -0.4 is 5.73 Å². The molecule has 108 valence electrons. The number of hydrogen-bond donors (Lipinski definition) is 2. The van der Waals surface area contributed by atoms with Gasteiger partial charge in [0.1, 0.15) is 18.0 Å². The molecule has 0 spiro atoms. The maximum Gasteiger partial charge on any atom is 0.143 e. The Morgan fingerprint density at radius 2 is 2.21 bits per heavy atom. The molecule has 7 heteroatoms. The fraction of sp³-hybridized carbons (Fsp3) is 0.750. The van der Waals surface area contributed by atoms with E-state index in [9.17, 15) is 0 Å². The Bertz CT molecular complexity index is 414. The summed E-state index contributed by atoms with van der Waals surface area (Å²) in [6.45, 7) is 10.5. The average Bonchev–Trinajstić information content (AvgIpc) is 2.84. The van der Waals surface area contributed by atoms with E-state index in [4.69, 9.17) is 10.9 Å². The third-order valence-electron chi connectivity index (χ3n) is 3.10. The van der Waals surface area contributed by atoms with Gasteiger partial charge in [-0.05, 0) is 20.4 Å². The predicted molar refractivity (Wildman–Crippen MR) is 73.9 cm³/mol. The van der Waals surface area contributed by atoms with Gasteiger partial charge in [0.2, 0.25) is 0 Å². The Balaban J connectivity index is 2.69. The van der Waals surface area contributed by atoms with E-state index in [0.29, 0.717) is 6.54 Å². The second kappa shape index (κ2) is 7.08. The Morgan fingerprint density at radius 3 is 2.74 bits per heavy atom. The third-order valence-corrected chi connectivity index (χ3v) is 3.10. The van der Waals surface area contributed by atoms with Crippen LogP contribution in [0.1, 0.15) is 39.6 Å². The number of amidine groups is 1. The number of aromatic nitrogens is 3. The summed E-state index contributed by atoms with van der Waals surface area (Å²) in [6.07, 6.45) is 1.58. The zero-order valence-corrected chi connectivity index (χ0v) is 12.1. The van der Waals surface area contributed by atoms with Crippen LogP contribution in [0.4, 0.5) is 0 Å². The number of hydrogen-bond acceptors (Lipinski definition) is 5. The largest absolute Gasteiger partial charge is 0.409 e. The highest BCUT2D eigenvalue weighted by atomic mass is 16.4. The van der Waals surface area contributed by atoms with Crippen LogP contribution in [0.2, 0.25) is 0 Å². The lowest BCUT2D eigenvalue weighted by Crippen LogP contribution is -2.35. The molecule has 19 heavy (non-hydrogen) atoms. The molecule has 3 N–H and O–H groups in total. The van der Waals surface area contributed by atoms with Gasteiger partial charge in [-0.15, -0.1) is 0 Å². The summed E-state index contributed by atoms with van der Waals surface area (Å²) in [5, 5.41) is 16.0. The molecule has 1 atom stereocenters. The molecule has 0 bridgehead atoms. The fourth-order valence-electron chi connectivity index (χ4n) is 1.90. The van der Waals surface area contributed by atoms with Gasteiger partial charge < -0.3 is 10.9 Å². The molecule has 7 nitrogen and oxygen atoms in total. The Kier molecular flexibility index (Phi) is 5.75. The van der Waals surface area contributed by atoms with Crippen LogP contribution >= 0.6 is 0 Å². The minimum atomic E-state index is 0.000344. The van der Waals surface area contributed by atoms with Gasteiger partial charge in [-0.3, -0.25) is 4.90 Å². The highest BCUT2D eigenvalue weighted by Crippen LogP contribution is 2.09. The van der Waals surface area contributed by atoms with Crippen molar-refractivity contribution < 1.29 is 5.21 Å². The van der Waals surface area contributed by atoms with Crippen LogP contribution in [0.15, 0.2) is 11.5 Å². The van der Waals surface area contributed by atoms with E-state index >= 15 is 0 Å². The lowest BCUT2D eigenvalue weighted by molar-refractivity contribution is 0.245. The van der Waals surface area contributed by atoms with Gasteiger partial charge in [0.15, 0.2) is 0 Å². The van der Waals surface area contributed by atoms with Crippen LogP contribution in [0, 0.1) is 5.92 Å². The summed E-state index contributed by atoms with van der Waals surface area (Å²) >= 11 is 0. The maximum absolute atomic E-state index is 8.68. The molecule has 1 heterocycles. The van der Waals surface area contributed by atoms with E-state index in [1.807, 2.05) is 11.6 Å². The van der Waals surface area contributed by atoms with Crippen molar-refractivity contribution in [3.8, 4) is 0 Å². The van der Waals surface area contributed by atoms with Crippen molar-refractivity contribution in [2.75, 3.05) is 13.1 Å². The fourth-order valence-corrected chi connectivity index (χ4v) is 1.90. The first-order valence-corrected chi connectivity index (χ1v) is 6.57. The van der Waals surface area contributed by atoms with Crippen LogP contribution in [-0.4, -0.2) is 43.8 Å². The third kappa shape index (κ3) is 4.20. The van der Waals surface area contributed by atoms with E-state index < -0.39 is 0 Å². The Labute approximate surface area is 114 Å². The van der Waals surface area contributed by atoms with E-state index in [0.717, 1.165) is 18.9 Å². The second-order valence-corrected chi connectivity index (χ2v) is 4.97. The highest BCUT2D eigenvalue weighted by Gasteiger charge is 2.16. The quantitative estimate of drug-likeness (QED) is 0.334. The van der Waals surface area contributed by atoms with Crippen LogP contribution in [-0.2, 0) is 6.54 Å². The van der Waals surface area contributed by atoms with Crippen LogP contribution in [0.5, 0.6) is 0 Å². The van der Waals surface area contributed by atoms with E-state index in [-0.39, 0.29) is 17.8 Å². The van der Waals surface area contributed by atoms with Crippen molar-refractivity contribution in [1.82, 2.24) is 19.7 Å². The second-order valence-electron chi connectivity index (χ2n) is 4.97. The molecule has 0 aliphatic heterocycles. The minimum Gasteiger partial charge on any atom is -0.409 e. The molecule has 0 radical (unpaired) electrons. The van der Waals surface area contributed by atoms with Gasteiger partial charge >= 0.3 is 0 Å². The van der Waals surface area contributed by atoms with Gasteiger partial charge in [-0.2, -0.15) is 5.10 Å². The molecular weight excluding hydrogens is 244 g/mol. The van der Waals surface area contributed by atoms with Crippen molar-refractivity contribution in [3.05, 3.63) is 12.2 Å². The molecule has 0 saturated heterocycles. The van der Waals surface area contributed by atoms with Gasteiger partial charge in [-0.1, -0.05) is 19.0 Å². The molecule has 1 aromatic heterocycles. The molecule has 0 aromatic carbocycles. The highest BCUT2D eigenvalue weighted by molar-refractivity contribution is 5.82. The molecule has 0 fully saturated rings. The summed E-state index contributed by atoms with van der Waals surface area (Å²) in [5.74, 6) is 1.19. The first kappa shape index (κ1) is 15.4. The molecule has 1 unspecified atom stereocenters. The maximum atomic E-state index is 8.68. The molecule has 0 saturated carbocycles. The monoisotopic (exact) mass is 268 g/mol. The smallest absolute Gasteiger partial charge is 0.143 e. The topological polar surface area (TPSA) is 92.6 Å². The van der Waals surface area contributed by atoms with Crippen molar-refractivity contribution >= 4 is 5.84 Å². The van der Waals surface area contributed by atoms with Crippen LogP contribution in [0.3, 0.4) is 0 Å². The molecule has 0 amide bonds. The molecular formula is C12H24N6O. The first-order chi connectivity index (χ1) is 8.99. The summed E-state index contributed by atoms with van der Waals surface area (Å²) in [4.78, 5) is 6.50. The van der Waals surface area contributed by atoms with E-state index in [1.54, 1.807) is 6.33 Å². The standard InChI is InChI=1S/C12H24N6O/c1-5-17(6-10(4)12(13)16-19)7-11-14-8-15-18(11)9(2)3/h8-10,19H,5-7H2,1-4H3,(H2,13,16). The lowest BCUT2D eigenvalue weighted by atomic mass is 10.1. The van der Waals surface area contributed by atoms with Gasteiger partial charge in [0.05, 0.1) is 6.54 Å². The Hall–Kier alpha value is -1.63. The summed E-state index contributed by atoms with van der Waals surface area (Å²) in [5.41, 5.74) is 5.61. The summed E-state index contributed by atoms with van der Waals surface area (Å²) in [6, 6.07) is 0.290. The van der Waals surface area contributed by atoms with Crippen molar-refractivity contribution in [2.24, 2.45) is 16.8 Å². The molecule has 0 aliphatic rings. The van der Waals surface area contributed by atoms with Crippen molar-refractivity contribution in [1.29, 1.82) is 0 Å². The normalized spacial score (nSPS) is 14.3. The zero-order valence-electron chi connectivity index (χ0n) is 12.1. The lowest BCUT2D eigenvalue weighted by Gasteiger charge is -2.23. The molecule has 0 aliphatic carbocycles. The first-order valence-electron chi connectivity index (χ1n) is 6.57. The minimum absolute atomic E-state index is 0.000344. The van der Waals surface area contributed by atoms with Gasteiger partial charge in [0, 0.05) is 18.5 Å².